The number of nitrogens with one attached hydrogen (secondary N) is 1. The summed E-state index contributed by atoms with van der Waals surface area (Å²) in [6.07, 6.45) is 0.958. The molecule has 0 spiro atoms. The van der Waals surface area contributed by atoms with Gasteiger partial charge in [-0.2, -0.15) is 0 Å². The summed E-state index contributed by atoms with van der Waals surface area (Å²) >= 11 is 1.75. The number of nitrogens with zero attached hydrogens (tertiary/aromatic N) is 1. The summed E-state index contributed by atoms with van der Waals surface area (Å²) in [5, 5.41) is 6.80. The van der Waals surface area contributed by atoms with Crippen LogP contribution in [0.2, 0.25) is 0 Å². The average Bonchev–Trinajstić information content (AvgIpc) is 2.83. The minimum atomic E-state index is 0.915. The van der Waals surface area contributed by atoms with Gasteiger partial charge in [0, 0.05) is 21.2 Å². The molecule has 2 nitrogen and oxygen atoms in total. The Labute approximate surface area is 110 Å². The molecule has 0 saturated carbocycles. The highest BCUT2D eigenvalue weighted by Gasteiger charge is 2.04. The van der Waals surface area contributed by atoms with Crippen molar-refractivity contribution in [1.29, 1.82) is 0 Å². The Hall–Kier alpha value is -1.87. The van der Waals surface area contributed by atoms with E-state index < -0.39 is 0 Å². The number of benzene rings is 1. The maximum atomic E-state index is 4.57. The van der Waals surface area contributed by atoms with E-state index in [1.54, 1.807) is 11.3 Å². The maximum absolute atomic E-state index is 4.57. The first kappa shape index (κ1) is 11.2. The van der Waals surface area contributed by atoms with Crippen molar-refractivity contribution in [3.8, 4) is 0 Å². The molecule has 0 aliphatic carbocycles. The van der Waals surface area contributed by atoms with Gasteiger partial charge in [0.1, 0.15) is 5.82 Å². The molecule has 0 radical (unpaired) electrons. The molecule has 2 heterocycles. The third kappa shape index (κ3) is 2.09. The number of thiophene rings is 1. The van der Waals surface area contributed by atoms with Gasteiger partial charge in [-0.1, -0.05) is 31.2 Å². The van der Waals surface area contributed by atoms with Crippen LogP contribution in [-0.2, 0) is 6.42 Å². The summed E-state index contributed by atoms with van der Waals surface area (Å²) in [4.78, 5) is 4.57. The second kappa shape index (κ2) is 4.78. The molecular formula is C15H14N2S. The fourth-order valence-electron chi connectivity index (χ4n) is 1.96. The molecule has 0 fully saturated rings. The highest BCUT2D eigenvalue weighted by molar-refractivity contribution is 7.17. The van der Waals surface area contributed by atoms with Crippen molar-refractivity contribution >= 4 is 32.9 Å². The Morgan fingerprint density at radius 1 is 1.11 bits per heavy atom. The number of pyridine rings is 1. The van der Waals surface area contributed by atoms with Crippen molar-refractivity contribution in [2.75, 3.05) is 5.32 Å². The number of aromatic nitrogens is 1. The standard InChI is InChI=1S/C15H14N2S/c1-2-11-6-5-9-15(16-11)17-13-10-18-14-8-4-3-7-12(13)14/h3-10H,2H2,1H3,(H,16,17). The number of aryl methyl sites for hydroxylation is 1. The number of rotatable bonds is 3. The Morgan fingerprint density at radius 3 is 2.89 bits per heavy atom. The van der Waals surface area contributed by atoms with Gasteiger partial charge in [0.2, 0.25) is 0 Å². The van der Waals surface area contributed by atoms with Crippen LogP contribution in [0.25, 0.3) is 10.1 Å². The van der Waals surface area contributed by atoms with E-state index in [0.717, 1.165) is 23.6 Å². The van der Waals surface area contributed by atoms with Crippen LogP contribution < -0.4 is 5.32 Å². The van der Waals surface area contributed by atoms with Crippen LogP contribution in [0.1, 0.15) is 12.6 Å². The van der Waals surface area contributed by atoms with Crippen molar-refractivity contribution in [2.24, 2.45) is 0 Å². The summed E-state index contributed by atoms with van der Waals surface area (Å²) < 4.78 is 1.30. The SMILES string of the molecule is CCc1cccc(Nc2csc3ccccc23)n1. The first-order valence-electron chi connectivity index (χ1n) is 6.06. The molecule has 90 valence electrons. The summed E-state index contributed by atoms with van der Waals surface area (Å²) in [6.45, 7) is 2.12. The third-order valence-electron chi connectivity index (χ3n) is 2.91. The quantitative estimate of drug-likeness (QED) is 0.738. The topological polar surface area (TPSA) is 24.9 Å². The molecule has 0 bridgehead atoms. The summed E-state index contributed by atoms with van der Waals surface area (Å²) in [6, 6.07) is 14.5. The van der Waals surface area contributed by atoms with Crippen LogP contribution in [0.5, 0.6) is 0 Å². The fraction of sp³-hybridized carbons (Fsp3) is 0.133. The molecule has 0 atom stereocenters. The van der Waals surface area contributed by atoms with Crippen LogP contribution in [0.3, 0.4) is 0 Å². The van der Waals surface area contributed by atoms with E-state index in [1.807, 2.05) is 12.1 Å². The highest BCUT2D eigenvalue weighted by atomic mass is 32.1. The lowest BCUT2D eigenvalue weighted by molar-refractivity contribution is 1.04. The van der Waals surface area contributed by atoms with Gasteiger partial charge in [-0.15, -0.1) is 11.3 Å². The summed E-state index contributed by atoms with van der Waals surface area (Å²) in [5.74, 6) is 0.915. The van der Waals surface area contributed by atoms with E-state index >= 15 is 0 Å². The second-order valence-electron chi connectivity index (χ2n) is 4.14. The Balaban J connectivity index is 1.96. The number of hydrogen-bond donors (Lipinski definition) is 1. The van der Waals surface area contributed by atoms with Gasteiger partial charge in [-0.05, 0) is 24.6 Å². The maximum Gasteiger partial charge on any atom is 0.130 e. The molecule has 0 unspecified atom stereocenters. The lowest BCUT2D eigenvalue weighted by atomic mass is 10.2. The van der Waals surface area contributed by atoms with E-state index in [4.69, 9.17) is 0 Å². The lowest BCUT2D eigenvalue weighted by Gasteiger charge is -2.05. The zero-order valence-electron chi connectivity index (χ0n) is 10.2. The van der Waals surface area contributed by atoms with E-state index in [1.165, 1.54) is 10.1 Å². The van der Waals surface area contributed by atoms with Crippen LogP contribution in [0.4, 0.5) is 11.5 Å². The van der Waals surface area contributed by atoms with Gasteiger partial charge < -0.3 is 5.32 Å². The van der Waals surface area contributed by atoms with Gasteiger partial charge in [-0.3, -0.25) is 0 Å². The van der Waals surface area contributed by atoms with Gasteiger partial charge in [0.15, 0.2) is 0 Å². The normalized spacial score (nSPS) is 10.7. The summed E-state index contributed by atoms with van der Waals surface area (Å²) in [5.41, 5.74) is 2.25. The molecule has 3 aromatic rings. The molecule has 3 heteroatoms. The monoisotopic (exact) mass is 254 g/mol. The third-order valence-corrected chi connectivity index (χ3v) is 3.88. The molecule has 0 saturated heterocycles. The molecule has 1 aromatic carbocycles. The highest BCUT2D eigenvalue weighted by Crippen LogP contribution is 2.31. The fourth-order valence-corrected chi connectivity index (χ4v) is 2.85. The van der Waals surface area contributed by atoms with Crippen LogP contribution in [-0.4, -0.2) is 4.98 Å². The van der Waals surface area contributed by atoms with E-state index in [-0.39, 0.29) is 0 Å². The lowest BCUT2D eigenvalue weighted by Crippen LogP contribution is -1.95. The predicted molar refractivity (Wildman–Crippen MR) is 78.7 cm³/mol. The van der Waals surface area contributed by atoms with E-state index in [2.05, 4.69) is 52.9 Å². The number of hydrogen-bond acceptors (Lipinski definition) is 3. The molecule has 0 aliphatic rings. The molecular weight excluding hydrogens is 240 g/mol. The molecule has 18 heavy (non-hydrogen) atoms. The van der Waals surface area contributed by atoms with Crippen LogP contribution in [0.15, 0.2) is 47.8 Å². The molecule has 3 rings (SSSR count). The molecule has 0 amide bonds. The van der Waals surface area contributed by atoms with Crippen molar-refractivity contribution in [1.82, 2.24) is 4.98 Å². The van der Waals surface area contributed by atoms with Gasteiger partial charge in [-0.25, -0.2) is 4.98 Å². The van der Waals surface area contributed by atoms with Crippen molar-refractivity contribution < 1.29 is 0 Å². The smallest absolute Gasteiger partial charge is 0.130 e. The van der Waals surface area contributed by atoms with Crippen molar-refractivity contribution in [2.45, 2.75) is 13.3 Å². The largest absolute Gasteiger partial charge is 0.339 e. The van der Waals surface area contributed by atoms with Gasteiger partial charge >= 0.3 is 0 Å². The second-order valence-corrected chi connectivity index (χ2v) is 5.05. The summed E-state index contributed by atoms with van der Waals surface area (Å²) in [7, 11) is 0. The van der Waals surface area contributed by atoms with Crippen LogP contribution >= 0.6 is 11.3 Å². The number of fused-ring (bicyclic) bond motifs is 1. The zero-order valence-corrected chi connectivity index (χ0v) is 11.0. The van der Waals surface area contributed by atoms with E-state index in [0.29, 0.717) is 0 Å². The Kier molecular flexibility index (Phi) is 2.99. The predicted octanol–water partition coefficient (Wildman–Crippen LogP) is 4.60. The first-order chi connectivity index (χ1) is 8.86. The molecule has 2 aromatic heterocycles. The minimum Gasteiger partial charge on any atom is -0.339 e. The molecule has 0 aliphatic heterocycles. The van der Waals surface area contributed by atoms with Crippen molar-refractivity contribution in [3.63, 3.8) is 0 Å². The zero-order chi connectivity index (χ0) is 12.4. The van der Waals surface area contributed by atoms with Crippen LogP contribution in [0, 0.1) is 0 Å². The van der Waals surface area contributed by atoms with Gasteiger partial charge in [0.25, 0.3) is 0 Å². The van der Waals surface area contributed by atoms with Crippen molar-refractivity contribution in [3.05, 3.63) is 53.5 Å². The Bertz CT molecular complexity index is 673. The van der Waals surface area contributed by atoms with E-state index in [9.17, 15) is 0 Å². The average molecular weight is 254 g/mol. The number of anilines is 2. The van der Waals surface area contributed by atoms with Gasteiger partial charge in [0.05, 0.1) is 5.69 Å². The molecule has 1 N–H and O–H groups in total. The Morgan fingerprint density at radius 2 is 2.00 bits per heavy atom. The first-order valence-corrected chi connectivity index (χ1v) is 6.94. The minimum absolute atomic E-state index is 0.915.